The Balaban J connectivity index is 0.000000177. The van der Waals surface area contributed by atoms with E-state index in [2.05, 4.69) is 32.8 Å². The molecule has 298 valence electrons. The first-order valence-electron chi connectivity index (χ1n) is 17.9. The molecule has 1 atom stereocenters. The summed E-state index contributed by atoms with van der Waals surface area (Å²) in [6.45, 7) is 5.73. The van der Waals surface area contributed by atoms with E-state index >= 15 is 0 Å². The SMILES string of the molecule is COC(=O)C1=C(C)NC(C)=C(C(=O)OC)C1c1ccccc1[N+](=O)[O-].Cc1nnc2n1-c1ccc(Cl)cc1C(c1ccccc1)=NC2.NC(Cc1ccccc1)N=O. The average Bonchev–Trinajstić information content (AvgIpc) is 3.51. The Morgan fingerprint density at radius 2 is 1.50 bits per heavy atom. The molecule has 0 saturated carbocycles. The number of carbonyl (C=O) groups excluding carboxylic acids is 2. The fourth-order valence-electron chi connectivity index (χ4n) is 6.65. The van der Waals surface area contributed by atoms with Gasteiger partial charge in [0.2, 0.25) is 0 Å². The van der Waals surface area contributed by atoms with Crippen molar-refractivity contribution in [3.63, 3.8) is 0 Å². The van der Waals surface area contributed by atoms with Gasteiger partial charge in [-0.3, -0.25) is 19.7 Å². The van der Waals surface area contributed by atoms with Gasteiger partial charge in [0.25, 0.3) is 5.69 Å². The Bertz CT molecular complexity index is 2370. The number of nitro benzene ring substituents is 1. The lowest BCUT2D eigenvalue weighted by molar-refractivity contribution is -0.385. The highest BCUT2D eigenvalue weighted by atomic mass is 35.5. The molecule has 0 saturated heterocycles. The van der Waals surface area contributed by atoms with E-state index in [0.717, 1.165) is 39.7 Å². The first kappa shape index (κ1) is 42.3. The number of nitrogens with one attached hydrogen (secondary N) is 1. The molecule has 0 fully saturated rings. The lowest BCUT2D eigenvalue weighted by Gasteiger charge is -2.29. The van der Waals surface area contributed by atoms with Crippen molar-refractivity contribution in [3.8, 4) is 5.69 Å². The molecule has 15 nitrogen and oxygen atoms in total. The number of nitrogens with zero attached hydrogens (tertiary/aromatic N) is 6. The van der Waals surface area contributed by atoms with Gasteiger partial charge >= 0.3 is 11.9 Å². The van der Waals surface area contributed by atoms with Gasteiger partial charge in [0.1, 0.15) is 18.5 Å². The number of ether oxygens (including phenoxy) is 2. The molecule has 0 bridgehead atoms. The fourth-order valence-corrected chi connectivity index (χ4v) is 6.82. The number of hydrogen-bond acceptors (Lipinski definition) is 13. The van der Waals surface area contributed by atoms with Crippen molar-refractivity contribution >= 4 is 34.9 Å². The predicted molar refractivity (Wildman–Crippen MR) is 219 cm³/mol. The number of hydrogen-bond donors (Lipinski definition) is 2. The Morgan fingerprint density at radius 3 is 2.09 bits per heavy atom. The Hall–Kier alpha value is -6.84. The van der Waals surface area contributed by atoms with Crippen LogP contribution in [0.15, 0.2) is 136 Å². The highest BCUT2D eigenvalue weighted by Gasteiger charge is 2.40. The maximum atomic E-state index is 12.3. The minimum absolute atomic E-state index is 0.128. The quantitative estimate of drug-likeness (QED) is 0.0704. The van der Waals surface area contributed by atoms with Crippen molar-refractivity contribution in [1.29, 1.82) is 0 Å². The van der Waals surface area contributed by atoms with E-state index in [0.29, 0.717) is 29.4 Å². The van der Waals surface area contributed by atoms with Crippen molar-refractivity contribution < 1.29 is 24.0 Å². The molecule has 0 aliphatic carbocycles. The number of methoxy groups -OCH3 is 2. The number of aryl methyl sites for hydroxylation is 1. The van der Waals surface area contributed by atoms with Crippen LogP contribution in [0.4, 0.5) is 5.69 Å². The third-order valence-corrected chi connectivity index (χ3v) is 9.45. The van der Waals surface area contributed by atoms with Crippen LogP contribution in [0.5, 0.6) is 0 Å². The smallest absolute Gasteiger partial charge is 0.336 e. The molecule has 0 radical (unpaired) electrons. The number of dihydropyridines is 1. The highest BCUT2D eigenvalue weighted by Crippen LogP contribution is 2.42. The van der Waals surface area contributed by atoms with Crippen molar-refractivity contribution in [3.05, 3.63) is 180 Å². The Morgan fingerprint density at radius 1 is 0.914 bits per heavy atom. The van der Waals surface area contributed by atoms with E-state index in [1.54, 1.807) is 19.9 Å². The molecular formula is C42H41ClN8O7. The molecule has 3 N–H and O–H groups in total. The van der Waals surface area contributed by atoms with E-state index in [-0.39, 0.29) is 22.4 Å². The van der Waals surface area contributed by atoms with Crippen LogP contribution < -0.4 is 11.1 Å². The van der Waals surface area contributed by atoms with Gasteiger partial charge in [-0.15, -0.1) is 15.1 Å². The van der Waals surface area contributed by atoms with Crippen LogP contribution in [0.25, 0.3) is 5.69 Å². The summed E-state index contributed by atoms with van der Waals surface area (Å²) < 4.78 is 11.7. The van der Waals surface area contributed by atoms with Crippen LogP contribution in [0.3, 0.4) is 0 Å². The summed E-state index contributed by atoms with van der Waals surface area (Å²) in [7, 11) is 2.42. The Labute approximate surface area is 339 Å². The number of nitrogens with two attached hydrogens (primary N) is 1. The second kappa shape index (κ2) is 19.3. The fraction of sp³-hybridized carbons (Fsp3) is 0.214. The Kier molecular flexibility index (Phi) is 14.1. The number of aliphatic imine (C=N–C) groups is 1. The molecule has 4 aromatic carbocycles. The number of nitro groups is 1. The van der Waals surface area contributed by atoms with Crippen molar-refractivity contribution in [1.82, 2.24) is 20.1 Å². The summed E-state index contributed by atoms with van der Waals surface area (Å²) in [6.07, 6.45) is -0.0953. The van der Waals surface area contributed by atoms with Crippen LogP contribution >= 0.6 is 11.6 Å². The third-order valence-electron chi connectivity index (χ3n) is 9.21. The zero-order valence-electron chi connectivity index (χ0n) is 32.4. The molecular weight excluding hydrogens is 764 g/mol. The van der Waals surface area contributed by atoms with E-state index in [9.17, 15) is 24.6 Å². The van der Waals surface area contributed by atoms with Crippen LogP contribution in [0.2, 0.25) is 5.02 Å². The number of para-hydroxylation sites is 1. The van der Waals surface area contributed by atoms with Gasteiger partial charge in [-0.05, 0) is 44.5 Å². The number of carbonyl (C=O) groups is 2. The number of halogens is 1. The van der Waals surface area contributed by atoms with Gasteiger partial charge in [-0.25, -0.2) is 9.59 Å². The summed E-state index contributed by atoms with van der Waals surface area (Å²) in [5, 5.41) is 26.2. The molecule has 16 heteroatoms. The molecule has 2 aliphatic heterocycles. The van der Waals surface area contributed by atoms with Crippen LogP contribution in [-0.2, 0) is 32.0 Å². The normalized spacial score (nSPS) is 13.7. The summed E-state index contributed by atoms with van der Waals surface area (Å²) in [5.41, 5.74) is 11.6. The van der Waals surface area contributed by atoms with Crippen LogP contribution in [-0.4, -0.2) is 57.7 Å². The first-order chi connectivity index (χ1) is 27.9. The van der Waals surface area contributed by atoms with Crippen LogP contribution in [0.1, 0.15) is 53.7 Å². The minimum Gasteiger partial charge on any atom is -0.466 e. The topological polar surface area (TPSA) is 206 Å². The molecule has 58 heavy (non-hydrogen) atoms. The molecule has 2 aliphatic rings. The van der Waals surface area contributed by atoms with Gasteiger partial charge in [-0.2, -0.15) is 0 Å². The molecule has 0 spiro atoms. The van der Waals surface area contributed by atoms with E-state index in [1.807, 2.05) is 78.2 Å². The molecule has 7 rings (SSSR count). The largest absolute Gasteiger partial charge is 0.466 e. The standard InChI is InChI=1S/C17H13ClN4.C17H18N2O6.C8H10N2O/c1-11-20-21-16-10-19-17(12-5-3-2-4-6-12)14-9-13(18)7-8-15(14)22(11)16;1-9-13(16(20)24-3)15(14(10(2)18-9)17(21)25-4)11-7-5-6-8-12(11)19(22)23;9-8(10-11)6-7-4-2-1-3-5-7/h2-9H,10H2,1H3;5-8,15,18H,1-4H3;1-5,8H,6,9H2. The summed E-state index contributed by atoms with van der Waals surface area (Å²) >= 11 is 6.23. The van der Waals surface area contributed by atoms with Crippen molar-refractivity contribution in [2.75, 3.05) is 14.2 Å². The molecule has 1 aromatic heterocycles. The third kappa shape index (κ3) is 9.57. The van der Waals surface area contributed by atoms with Gasteiger partial charge in [0, 0.05) is 45.6 Å². The lowest BCUT2D eigenvalue weighted by Crippen LogP contribution is -2.32. The number of aromatic nitrogens is 3. The van der Waals surface area contributed by atoms with E-state index < -0.39 is 28.9 Å². The number of nitroso groups, excluding NO2 is 1. The second-order valence-corrected chi connectivity index (χ2v) is 13.4. The molecule has 0 amide bonds. The summed E-state index contributed by atoms with van der Waals surface area (Å²) in [4.78, 5) is 50.3. The predicted octanol–water partition coefficient (Wildman–Crippen LogP) is 7.04. The van der Waals surface area contributed by atoms with Gasteiger partial charge in [0.05, 0.1) is 47.6 Å². The van der Waals surface area contributed by atoms with Gasteiger partial charge in [0.15, 0.2) is 5.82 Å². The number of allylic oxidation sites excluding steroid dienone is 2. The second-order valence-electron chi connectivity index (χ2n) is 13.0. The minimum atomic E-state index is -0.970. The zero-order chi connectivity index (χ0) is 41.9. The summed E-state index contributed by atoms with van der Waals surface area (Å²) in [6, 6.07) is 31.5. The van der Waals surface area contributed by atoms with Crippen molar-refractivity contribution in [2.45, 2.75) is 45.8 Å². The lowest BCUT2D eigenvalue weighted by atomic mass is 9.79. The van der Waals surface area contributed by atoms with Crippen LogP contribution in [0, 0.1) is 21.9 Å². The number of esters is 2. The zero-order valence-corrected chi connectivity index (χ0v) is 33.1. The number of rotatable bonds is 8. The molecule has 3 heterocycles. The average molecular weight is 805 g/mol. The number of fused-ring (bicyclic) bond motifs is 3. The van der Waals surface area contributed by atoms with Gasteiger partial charge < -0.3 is 20.5 Å². The summed E-state index contributed by atoms with van der Waals surface area (Å²) in [5.74, 6) is -0.637. The van der Waals surface area contributed by atoms with Gasteiger partial charge in [-0.1, -0.05) is 95.6 Å². The number of benzene rings is 4. The van der Waals surface area contributed by atoms with E-state index in [4.69, 9.17) is 31.8 Å². The first-order valence-corrected chi connectivity index (χ1v) is 18.3. The maximum absolute atomic E-state index is 12.3. The highest BCUT2D eigenvalue weighted by molar-refractivity contribution is 6.31. The monoisotopic (exact) mass is 804 g/mol. The molecule has 5 aromatic rings. The molecule has 1 unspecified atom stereocenters. The van der Waals surface area contributed by atoms with E-state index in [1.165, 1.54) is 32.4 Å². The maximum Gasteiger partial charge on any atom is 0.336 e. The van der Waals surface area contributed by atoms with Crippen molar-refractivity contribution in [2.24, 2.45) is 15.9 Å².